The summed E-state index contributed by atoms with van der Waals surface area (Å²) in [5, 5.41) is 14.6. The molecule has 0 saturated heterocycles. The fourth-order valence-electron chi connectivity index (χ4n) is 2.91. The van der Waals surface area contributed by atoms with Crippen LogP contribution in [0.2, 0.25) is 0 Å². The zero-order chi connectivity index (χ0) is 24.9. The van der Waals surface area contributed by atoms with Gasteiger partial charge in [0.15, 0.2) is 0 Å². The van der Waals surface area contributed by atoms with Gasteiger partial charge in [0.05, 0.1) is 24.2 Å². The van der Waals surface area contributed by atoms with Gasteiger partial charge in [0, 0.05) is 17.3 Å². The predicted molar refractivity (Wildman–Crippen MR) is 116 cm³/mol. The van der Waals surface area contributed by atoms with Crippen LogP contribution in [0.25, 0.3) is 22.0 Å². The number of aliphatic carboxylic acids is 1. The Bertz CT molecular complexity index is 1360. The summed E-state index contributed by atoms with van der Waals surface area (Å²) in [5.41, 5.74) is 3.31. The lowest BCUT2D eigenvalue weighted by Crippen LogP contribution is -2.21. The number of ether oxygens (including phenoxy) is 2. The van der Waals surface area contributed by atoms with Crippen molar-refractivity contribution < 1.29 is 32.5 Å². The molecule has 0 unspecified atom stereocenters. The summed E-state index contributed by atoms with van der Waals surface area (Å²) < 4.78 is 42.6. The minimum atomic E-state index is -5.08. The molecule has 0 amide bonds. The second-order valence-corrected chi connectivity index (χ2v) is 6.92. The average Bonchev–Trinajstić information content (AvgIpc) is 3.23. The Morgan fingerprint density at radius 1 is 1.15 bits per heavy atom. The predicted octanol–water partition coefficient (Wildman–Crippen LogP) is 3.84. The third kappa shape index (κ3) is 5.91. The van der Waals surface area contributed by atoms with Gasteiger partial charge in [-0.1, -0.05) is 12.1 Å². The molecule has 4 aromatic rings. The number of aryl methyl sites for hydroxylation is 1. The van der Waals surface area contributed by atoms with Gasteiger partial charge in [-0.25, -0.2) is 9.78 Å². The molecule has 3 N–H and O–H groups in total. The molecule has 0 bridgehead atoms. The van der Waals surface area contributed by atoms with E-state index in [9.17, 15) is 18.0 Å². The summed E-state index contributed by atoms with van der Waals surface area (Å²) in [5.74, 6) is -0.962. The van der Waals surface area contributed by atoms with E-state index in [1.807, 2.05) is 37.3 Å². The smallest absolute Gasteiger partial charge is 0.490 e. The van der Waals surface area contributed by atoms with Crippen molar-refractivity contribution in [2.24, 2.45) is 0 Å². The van der Waals surface area contributed by atoms with Gasteiger partial charge >= 0.3 is 12.1 Å². The molecule has 178 valence electrons. The van der Waals surface area contributed by atoms with E-state index < -0.39 is 12.1 Å². The van der Waals surface area contributed by atoms with Crippen LogP contribution in [-0.2, 0) is 11.4 Å². The second kappa shape index (κ2) is 10.1. The number of aromatic nitrogens is 4. The Morgan fingerprint density at radius 2 is 1.85 bits per heavy atom. The monoisotopic (exact) mass is 476 g/mol. The number of H-pyrrole nitrogens is 2. The first kappa shape index (κ1) is 24.3. The van der Waals surface area contributed by atoms with Gasteiger partial charge in [-0.3, -0.25) is 9.89 Å². The molecule has 0 fully saturated rings. The first-order chi connectivity index (χ1) is 16.1. The molecular formula is C22H19F3N4O5. The number of hydrogen-bond acceptors (Lipinski definition) is 6. The van der Waals surface area contributed by atoms with Gasteiger partial charge < -0.3 is 19.6 Å². The molecule has 2 heterocycles. The second-order valence-electron chi connectivity index (χ2n) is 6.92. The molecule has 2 aromatic carbocycles. The number of methoxy groups -OCH3 is 1. The molecule has 0 aliphatic rings. The maximum Gasteiger partial charge on any atom is 0.490 e. The molecule has 0 spiro atoms. The molecule has 0 aliphatic heterocycles. The lowest BCUT2D eigenvalue weighted by Gasteiger charge is -2.08. The normalized spacial score (nSPS) is 11.0. The third-order valence-electron chi connectivity index (χ3n) is 4.56. The van der Waals surface area contributed by atoms with Crippen LogP contribution in [-0.4, -0.2) is 44.5 Å². The molecule has 9 nitrogen and oxygen atoms in total. The molecule has 0 aliphatic carbocycles. The number of hydrogen-bond donors (Lipinski definition) is 3. The SMILES string of the molecule is COc1cccc(OCc2nc3cc(-c4cn[nH]c4C)ccc3c(=O)[nH]2)c1.O=C(O)C(F)(F)F. The number of carboxylic acid groups (broad SMARTS) is 1. The van der Waals surface area contributed by atoms with E-state index >= 15 is 0 Å². The van der Waals surface area contributed by atoms with Gasteiger partial charge in [-0.2, -0.15) is 18.3 Å². The Balaban J connectivity index is 0.000000406. The zero-order valence-corrected chi connectivity index (χ0v) is 17.9. The van der Waals surface area contributed by atoms with Gasteiger partial charge in [-0.05, 0) is 36.8 Å². The summed E-state index contributed by atoms with van der Waals surface area (Å²) in [7, 11) is 1.60. The van der Waals surface area contributed by atoms with Crippen molar-refractivity contribution in [3.8, 4) is 22.6 Å². The van der Waals surface area contributed by atoms with E-state index in [4.69, 9.17) is 19.4 Å². The standard InChI is InChI=1S/C20H18N4O3.C2HF3O2/c1-12-17(10-21-24-12)13-6-7-16-18(8-13)22-19(23-20(16)25)11-27-15-5-3-4-14(9-15)26-2;3-2(4,5)1(6)7/h3-10H,11H2,1-2H3,(H,21,24)(H,22,23,25);(H,6,7). The lowest BCUT2D eigenvalue weighted by molar-refractivity contribution is -0.192. The maximum atomic E-state index is 12.4. The van der Waals surface area contributed by atoms with Gasteiger partial charge in [-0.15, -0.1) is 0 Å². The van der Waals surface area contributed by atoms with E-state index in [-0.39, 0.29) is 12.2 Å². The fourth-order valence-corrected chi connectivity index (χ4v) is 2.91. The number of carboxylic acids is 1. The van der Waals surface area contributed by atoms with Crippen LogP contribution < -0.4 is 15.0 Å². The first-order valence-electron chi connectivity index (χ1n) is 9.68. The highest BCUT2D eigenvalue weighted by Gasteiger charge is 2.38. The maximum absolute atomic E-state index is 12.4. The van der Waals surface area contributed by atoms with E-state index in [2.05, 4.69) is 20.2 Å². The molecular weight excluding hydrogens is 457 g/mol. The summed E-state index contributed by atoms with van der Waals surface area (Å²) in [4.78, 5) is 28.6. The average molecular weight is 476 g/mol. The lowest BCUT2D eigenvalue weighted by atomic mass is 10.1. The number of fused-ring (bicyclic) bond motifs is 1. The summed E-state index contributed by atoms with van der Waals surface area (Å²) in [6, 6.07) is 12.8. The molecule has 0 atom stereocenters. The van der Waals surface area contributed by atoms with Crippen molar-refractivity contribution in [2.45, 2.75) is 19.7 Å². The third-order valence-corrected chi connectivity index (χ3v) is 4.56. The number of aromatic amines is 2. The number of halogens is 3. The van der Waals surface area contributed by atoms with E-state index in [0.29, 0.717) is 28.2 Å². The summed E-state index contributed by atoms with van der Waals surface area (Å²) in [6.07, 6.45) is -3.32. The number of alkyl halides is 3. The number of rotatable bonds is 5. The zero-order valence-electron chi connectivity index (χ0n) is 17.9. The minimum absolute atomic E-state index is 0.146. The summed E-state index contributed by atoms with van der Waals surface area (Å²) >= 11 is 0. The molecule has 34 heavy (non-hydrogen) atoms. The van der Waals surface area contributed by atoms with Crippen molar-refractivity contribution in [1.29, 1.82) is 0 Å². The number of nitrogens with one attached hydrogen (secondary N) is 2. The van der Waals surface area contributed by atoms with Crippen molar-refractivity contribution in [3.05, 3.63) is 70.5 Å². The van der Waals surface area contributed by atoms with E-state index in [0.717, 1.165) is 16.8 Å². The van der Waals surface area contributed by atoms with Crippen LogP contribution in [0.5, 0.6) is 11.5 Å². The van der Waals surface area contributed by atoms with Crippen molar-refractivity contribution >= 4 is 16.9 Å². The topological polar surface area (TPSA) is 130 Å². The van der Waals surface area contributed by atoms with Crippen LogP contribution in [0.15, 0.2) is 53.5 Å². The van der Waals surface area contributed by atoms with Crippen LogP contribution in [0, 0.1) is 6.92 Å². The largest absolute Gasteiger partial charge is 0.497 e. The number of benzene rings is 2. The highest BCUT2D eigenvalue weighted by Crippen LogP contribution is 2.24. The summed E-state index contributed by atoms with van der Waals surface area (Å²) in [6.45, 7) is 2.10. The van der Waals surface area contributed by atoms with Crippen LogP contribution in [0.3, 0.4) is 0 Å². The molecule has 0 saturated carbocycles. The van der Waals surface area contributed by atoms with E-state index in [1.54, 1.807) is 25.4 Å². The molecule has 4 rings (SSSR count). The van der Waals surface area contributed by atoms with Gasteiger partial charge in [0.2, 0.25) is 0 Å². The number of nitrogens with zero attached hydrogens (tertiary/aromatic N) is 2. The van der Waals surface area contributed by atoms with Crippen LogP contribution in [0.1, 0.15) is 11.5 Å². The minimum Gasteiger partial charge on any atom is -0.497 e. The quantitative estimate of drug-likeness (QED) is 0.399. The molecule has 2 aromatic heterocycles. The van der Waals surface area contributed by atoms with Gasteiger partial charge in [0.25, 0.3) is 5.56 Å². The van der Waals surface area contributed by atoms with Crippen molar-refractivity contribution in [1.82, 2.24) is 20.2 Å². The Kier molecular flexibility index (Phi) is 7.19. The Hall–Kier alpha value is -4.35. The van der Waals surface area contributed by atoms with Crippen molar-refractivity contribution in [2.75, 3.05) is 7.11 Å². The highest BCUT2D eigenvalue weighted by molar-refractivity contribution is 5.83. The molecule has 0 radical (unpaired) electrons. The fraction of sp³-hybridized carbons (Fsp3) is 0.182. The van der Waals surface area contributed by atoms with Crippen molar-refractivity contribution in [3.63, 3.8) is 0 Å². The van der Waals surface area contributed by atoms with Gasteiger partial charge in [0.1, 0.15) is 23.9 Å². The molecule has 12 heteroatoms. The Labute approximate surface area is 190 Å². The number of carbonyl (C=O) groups is 1. The highest BCUT2D eigenvalue weighted by atomic mass is 19.4. The van der Waals surface area contributed by atoms with Crippen LogP contribution >= 0.6 is 0 Å². The first-order valence-corrected chi connectivity index (χ1v) is 9.68. The Morgan fingerprint density at radius 3 is 2.47 bits per heavy atom. The van der Waals surface area contributed by atoms with E-state index in [1.165, 1.54) is 0 Å². The van der Waals surface area contributed by atoms with Crippen LogP contribution in [0.4, 0.5) is 13.2 Å².